The van der Waals surface area contributed by atoms with Crippen LogP contribution in [0.3, 0.4) is 0 Å². The number of anilines is 2. The molecule has 0 saturated carbocycles. The van der Waals surface area contributed by atoms with Crippen molar-refractivity contribution in [1.82, 2.24) is 0 Å². The van der Waals surface area contributed by atoms with Crippen molar-refractivity contribution in [3.05, 3.63) is 78.5 Å². The van der Waals surface area contributed by atoms with Crippen molar-refractivity contribution in [3.63, 3.8) is 0 Å². The molecule has 0 bridgehead atoms. The second kappa shape index (κ2) is 8.20. The number of rotatable bonds is 4. The third kappa shape index (κ3) is 4.44. The Hall–Kier alpha value is -1.90. The molecule has 0 aliphatic carbocycles. The van der Waals surface area contributed by atoms with Gasteiger partial charge in [0.15, 0.2) is 0 Å². The molecule has 1 heterocycles. The topological polar surface area (TPSA) is 58.2 Å². The van der Waals surface area contributed by atoms with Gasteiger partial charge in [0, 0.05) is 14.8 Å². The summed E-state index contributed by atoms with van der Waals surface area (Å²) in [5.41, 5.74) is 2.53. The zero-order valence-corrected chi connectivity index (χ0v) is 17.4. The highest BCUT2D eigenvalue weighted by Crippen LogP contribution is 2.25. The summed E-state index contributed by atoms with van der Waals surface area (Å²) in [5, 5.41) is 7.83. The maximum atomic E-state index is 12.6. The SMILES string of the molecule is Cc1cc(I)ccc1NC(=O)c1ccc(Cl)c(NC(=O)c2cccs2)c1. The predicted molar refractivity (Wildman–Crippen MR) is 116 cm³/mol. The van der Waals surface area contributed by atoms with Gasteiger partial charge in [-0.15, -0.1) is 11.3 Å². The van der Waals surface area contributed by atoms with Crippen LogP contribution in [0, 0.1) is 10.5 Å². The smallest absolute Gasteiger partial charge is 0.265 e. The van der Waals surface area contributed by atoms with Gasteiger partial charge in [0.25, 0.3) is 11.8 Å². The number of thiophene rings is 1. The first-order chi connectivity index (χ1) is 12.4. The third-order valence-electron chi connectivity index (χ3n) is 3.66. The summed E-state index contributed by atoms with van der Waals surface area (Å²) in [5.74, 6) is -0.523. The first kappa shape index (κ1) is 18.9. The van der Waals surface area contributed by atoms with Crippen LogP contribution in [0.25, 0.3) is 0 Å². The summed E-state index contributed by atoms with van der Waals surface area (Å²) in [4.78, 5) is 25.4. The van der Waals surface area contributed by atoms with E-state index in [1.807, 2.05) is 30.5 Å². The van der Waals surface area contributed by atoms with Gasteiger partial charge < -0.3 is 10.6 Å². The number of carbonyl (C=O) groups is 2. The first-order valence-corrected chi connectivity index (χ1v) is 9.99. The highest BCUT2D eigenvalue weighted by Gasteiger charge is 2.13. The van der Waals surface area contributed by atoms with E-state index in [4.69, 9.17) is 11.6 Å². The molecular formula is C19H14ClIN2O2S. The van der Waals surface area contributed by atoms with Gasteiger partial charge in [-0.25, -0.2) is 0 Å². The van der Waals surface area contributed by atoms with E-state index >= 15 is 0 Å². The Bertz CT molecular complexity index is 974. The lowest BCUT2D eigenvalue weighted by Gasteiger charge is -2.11. The molecular weight excluding hydrogens is 483 g/mol. The predicted octanol–water partition coefficient (Wildman–Crippen LogP) is 5.82. The lowest BCUT2D eigenvalue weighted by molar-refractivity contribution is 0.101. The summed E-state index contributed by atoms with van der Waals surface area (Å²) in [6.07, 6.45) is 0. The van der Waals surface area contributed by atoms with E-state index in [-0.39, 0.29) is 11.8 Å². The highest BCUT2D eigenvalue weighted by molar-refractivity contribution is 14.1. The van der Waals surface area contributed by atoms with Gasteiger partial charge in [0.05, 0.1) is 15.6 Å². The quantitative estimate of drug-likeness (QED) is 0.447. The Balaban J connectivity index is 1.80. The van der Waals surface area contributed by atoms with Gasteiger partial charge in [0.2, 0.25) is 0 Å². The van der Waals surface area contributed by atoms with Gasteiger partial charge >= 0.3 is 0 Å². The van der Waals surface area contributed by atoms with E-state index < -0.39 is 0 Å². The third-order valence-corrected chi connectivity index (χ3v) is 5.53. The Morgan fingerprint density at radius 2 is 1.77 bits per heavy atom. The maximum Gasteiger partial charge on any atom is 0.265 e. The van der Waals surface area contributed by atoms with Gasteiger partial charge in [-0.05, 0) is 82.9 Å². The average Bonchev–Trinajstić information content (AvgIpc) is 3.14. The molecule has 0 spiro atoms. The summed E-state index contributed by atoms with van der Waals surface area (Å²) >= 11 is 9.73. The molecule has 0 aliphatic heterocycles. The molecule has 0 fully saturated rings. The minimum absolute atomic E-state index is 0.257. The summed E-state index contributed by atoms with van der Waals surface area (Å²) in [6, 6.07) is 14.1. The van der Waals surface area contributed by atoms with E-state index in [2.05, 4.69) is 33.2 Å². The molecule has 2 amide bonds. The number of aryl methyl sites for hydroxylation is 1. The van der Waals surface area contributed by atoms with Crippen molar-refractivity contribution >= 4 is 68.7 Å². The minimum atomic E-state index is -0.266. The lowest BCUT2D eigenvalue weighted by Crippen LogP contribution is -2.15. The molecule has 2 N–H and O–H groups in total. The van der Waals surface area contributed by atoms with Gasteiger partial charge in [0.1, 0.15) is 0 Å². The fourth-order valence-electron chi connectivity index (χ4n) is 2.32. The van der Waals surface area contributed by atoms with Crippen molar-refractivity contribution in [2.24, 2.45) is 0 Å². The van der Waals surface area contributed by atoms with E-state index in [0.717, 1.165) is 14.8 Å². The first-order valence-electron chi connectivity index (χ1n) is 7.66. The second-order valence-corrected chi connectivity index (χ2v) is 8.14. The van der Waals surface area contributed by atoms with Gasteiger partial charge in [-0.1, -0.05) is 17.7 Å². The van der Waals surface area contributed by atoms with E-state index in [9.17, 15) is 9.59 Å². The van der Waals surface area contributed by atoms with Crippen LogP contribution in [-0.2, 0) is 0 Å². The monoisotopic (exact) mass is 496 g/mol. The van der Waals surface area contributed by atoms with E-state index in [1.54, 1.807) is 30.3 Å². The highest BCUT2D eigenvalue weighted by atomic mass is 127. The van der Waals surface area contributed by atoms with Crippen LogP contribution in [0.1, 0.15) is 25.6 Å². The normalized spacial score (nSPS) is 10.4. The minimum Gasteiger partial charge on any atom is -0.322 e. The van der Waals surface area contributed by atoms with Crippen molar-refractivity contribution in [1.29, 1.82) is 0 Å². The Morgan fingerprint density at radius 3 is 2.46 bits per heavy atom. The fraction of sp³-hybridized carbons (Fsp3) is 0.0526. The summed E-state index contributed by atoms with van der Waals surface area (Å²) in [7, 11) is 0. The molecule has 0 radical (unpaired) electrons. The van der Waals surface area contributed by atoms with Crippen LogP contribution in [0.4, 0.5) is 11.4 Å². The molecule has 7 heteroatoms. The molecule has 3 aromatic rings. The molecule has 132 valence electrons. The van der Waals surface area contributed by atoms with Crippen LogP contribution in [-0.4, -0.2) is 11.8 Å². The second-order valence-electron chi connectivity index (χ2n) is 5.54. The number of hydrogen-bond donors (Lipinski definition) is 2. The van der Waals surface area contributed by atoms with E-state index in [1.165, 1.54) is 11.3 Å². The number of carbonyl (C=O) groups excluding carboxylic acids is 2. The zero-order chi connectivity index (χ0) is 18.7. The van der Waals surface area contributed by atoms with Crippen molar-refractivity contribution in [2.75, 3.05) is 10.6 Å². The number of hydrogen-bond acceptors (Lipinski definition) is 3. The summed E-state index contributed by atoms with van der Waals surface area (Å²) in [6.45, 7) is 1.94. The molecule has 3 rings (SSSR count). The fourth-order valence-corrected chi connectivity index (χ4v) is 3.75. The number of nitrogens with one attached hydrogen (secondary N) is 2. The number of halogens is 2. The molecule has 2 aromatic carbocycles. The van der Waals surface area contributed by atoms with Gasteiger partial charge in [-0.2, -0.15) is 0 Å². The van der Waals surface area contributed by atoms with Crippen molar-refractivity contribution < 1.29 is 9.59 Å². The molecule has 0 atom stereocenters. The largest absolute Gasteiger partial charge is 0.322 e. The molecule has 0 saturated heterocycles. The standard InChI is InChI=1S/C19H14ClIN2O2S/c1-11-9-13(21)5-7-15(11)22-18(24)12-4-6-14(20)16(10-12)23-19(25)17-3-2-8-26-17/h2-10H,1H3,(H,22,24)(H,23,25). The van der Waals surface area contributed by atoms with Crippen LogP contribution >= 0.6 is 45.5 Å². The number of benzene rings is 2. The average molecular weight is 497 g/mol. The number of amides is 2. The molecule has 4 nitrogen and oxygen atoms in total. The molecule has 0 unspecified atom stereocenters. The molecule has 26 heavy (non-hydrogen) atoms. The van der Waals surface area contributed by atoms with E-state index in [0.29, 0.717) is 21.2 Å². The Morgan fingerprint density at radius 1 is 1.00 bits per heavy atom. The van der Waals surface area contributed by atoms with Crippen LogP contribution < -0.4 is 10.6 Å². The Labute approximate surface area is 173 Å². The zero-order valence-electron chi connectivity index (χ0n) is 13.7. The van der Waals surface area contributed by atoms with Crippen LogP contribution in [0.15, 0.2) is 53.9 Å². The lowest BCUT2D eigenvalue weighted by atomic mass is 10.1. The van der Waals surface area contributed by atoms with Crippen LogP contribution in [0.5, 0.6) is 0 Å². The van der Waals surface area contributed by atoms with Gasteiger partial charge in [-0.3, -0.25) is 9.59 Å². The Kier molecular flexibility index (Phi) is 5.95. The maximum absolute atomic E-state index is 12.6. The molecule has 1 aromatic heterocycles. The molecule has 0 aliphatic rings. The van der Waals surface area contributed by atoms with Crippen molar-refractivity contribution in [2.45, 2.75) is 6.92 Å². The van der Waals surface area contributed by atoms with Crippen LogP contribution in [0.2, 0.25) is 5.02 Å². The summed E-state index contributed by atoms with van der Waals surface area (Å²) < 4.78 is 1.10. The van der Waals surface area contributed by atoms with Crippen molar-refractivity contribution in [3.8, 4) is 0 Å².